The van der Waals surface area contributed by atoms with Gasteiger partial charge in [0.2, 0.25) is 5.91 Å². The van der Waals surface area contributed by atoms with Gasteiger partial charge in [-0.2, -0.15) is 4.39 Å². The fourth-order valence-corrected chi connectivity index (χ4v) is 7.80. The van der Waals surface area contributed by atoms with Crippen LogP contribution in [0.1, 0.15) is 46.5 Å². The fraction of sp³-hybridized carbons (Fsp3) is 0.400. The van der Waals surface area contributed by atoms with Gasteiger partial charge in [-0.05, 0) is 67.2 Å². The van der Waals surface area contributed by atoms with Crippen LogP contribution < -0.4 is 5.73 Å². The second-order valence-corrected chi connectivity index (χ2v) is 12.1. The van der Waals surface area contributed by atoms with Crippen LogP contribution in [0.25, 0.3) is 11.1 Å². The summed E-state index contributed by atoms with van der Waals surface area (Å²) in [4.78, 5) is 80.5. The number of carbonyl (C=O) groups excluding carboxylic acids is 6. The van der Waals surface area contributed by atoms with Crippen molar-refractivity contribution in [1.82, 2.24) is 4.90 Å². The van der Waals surface area contributed by atoms with Gasteiger partial charge >= 0.3 is 6.04 Å². The van der Waals surface area contributed by atoms with Crippen molar-refractivity contribution < 1.29 is 43.4 Å². The van der Waals surface area contributed by atoms with Gasteiger partial charge in [0.15, 0.2) is 34.7 Å². The summed E-state index contributed by atoms with van der Waals surface area (Å²) in [5.41, 5.74) is 0.216. The lowest BCUT2D eigenvalue weighted by molar-refractivity contribution is -0.203. The monoisotopic (exact) mass is 564 g/mol. The lowest BCUT2D eigenvalue weighted by Crippen LogP contribution is -2.79. The zero-order chi connectivity index (χ0) is 30.4. The zero-order valence-corrected chi connectivity index (χ0v) is 22.9. The topological polar surface area (TPSA) is 172 Å². The average Bonchev–Trinajstić information content (AvgIpc) is 2.86. The maximum Gasteiger partial charge on any atom is 0.332 e. The molecule has 1 amide bonds. The number of Topliss-reactive ketones (excluding diaryl/α,β-unsaturated/α-hetero) is 4. The largest absolute Gasteiger partial charge is 0.507 e. The van der Waals surface area contributed by atoms with Gasteiger partial charge in [-0.15, -0.1) is 0 Å². The van der Waals surface area contributed by atoms with Crippen LogP contribution in [0.3, 0.4) is 0 Å². The van der Waals surface area contributed by atoms with Gasteiger partial charge in [-0.3, -0.25) is 33.7 Å². The summed E-state index contributed by atoms with van der Waals surface area (Å²) in [7, 11) is 3.02. The molecule has 0 saturated heterocycles. The van der Waals surface area contributed by atoms with E-state index in [0.29, 0.717) is 16.7 Å². The van der Waals surface area contributed by atoms with E-state index in [2.05, 4.69) is 0 Å². The highest BCUT2D eigenvalue weighted by Gasteiger charge is 2.76. The number of nitrogens with zero attached hydrogens (tertiary/aromatic N) is 1. The number of ketones is 4. The average molecular weight is 565 g/mol. The SMILES string of the molecule is CN(C)[C@@H]1C(=O)C(C(N)=O)C(=O)[C@@]2(O)C(=O)C3C(=O)c4c(O)ccc(-c5cccc(C(=O)F)c5)c4C[C@@]3(C)C[C@@]12C. The number of aliphatic hydroxyl groups is 1. The molecule has 214 valence electrons. The van der Waals surface area contributed by atoms with Crippen LogP contribution in [0.5, 0.6) is 5.75 Å². The number of nitrogens with two attached hydrogens (primary N) is 1. The Morgan fingerprint density at radius 1 is 1.05 bits per heavy atom. The molecule has 2 fully saturated rings. The number of carbonyl (C=O) groups is 6. The van der Waals surface area contributed by atoms with E-state index in [1.807, 2.05) is 0 Å². The molecule has 10 nitrogen and oxygen atoms in total. The van der Waals surface area contributed by atoms with Gasteiger partial charge in [-0.25, -0.2) is 0 Å². The number of benzene rings is 2. The summed E-state index contributed by atoms with van der Waals surface area (Å²) in [6, 6.07) is 5.50. The molecule has 2 aromatic rings. The molecule has 6 atom stereocenters. The van der Waals surface area contributed by atoms with Crippen LogP contribution in [0, 0.1) is 22.7 Å². The van der Waals surface area contributed by atoms with E-state index in [1.165, 1.54) is 56.3 Å². The molecular weight excluding hydrogens is 535 g/mol. The molecule has 0 aliphatic heterocycles. The minimum absolute atomic E-state index is 0.00450. The number of fused-ring (bicyclic) bond motifs is 3. The molecule has 5 rings (SSSR count). The van der Waals surface area contributed by atoms with Crippen molar-refractivity contribution in [2.45, 2.75) is 38.3 Å². The van der Waals surface area contributed by atoms with E-state index in [9.17, 15) is 43.4 Å². The molecule has 3 aliphatic carbocycles. The first-order chi connectivity index (χ1) is 19.0. The third kappa shape index (κ3) is 3.61. The first-order valence-electron chi connectivity index (χ1n) is 13.0. The number of likely N-dealkylation sites (N-methyl/N-ethyl adjacent to an activating group) is 1. The van der Waals surface area contributed by atoms with Crippen LogP contribution in [0.15, 0.2) is 36.4 Å². The van der Waals surface area contributed by atoms with Gasteiger partial charge in [0, 0.05) is 5.41 Å². The molecule has 2 aromatic carbocycles. The predicted octanol–water partition coefficient (Wildman–Crippen LogP) is 1.42. The first kappa shape index (κ1) is 28.4. The summed E-state index contributed by atoms with van der Waals surface area (Å²) >= 11 is 0. The van der Waals surface area contributed by atoms with Crippen LogP contribution in [0.2, 0.25) is 0 Å². The number of aromatic hydroxyl groups is 1. The maximum absolute atomic E-state index is 14.3. The van der Waals surface area contributed by atoms with Gasteiger partial charge in [0.1, 0.15) is 5.75 Å². The van der Waals surface area contributed by atoms with Crippen molar-refractivity contribution in [2.75, 3.05) is 14.1 Å². The Morgan fingerprint density at radius 3 is 2.29 bits per heavy atom. The van der Waals surface area contributed by atoms with Crippen LogP contribution >= 0.6 is 0 Å². The molecule has 41 heavy (non-hydrogen) atoms. The molecule has 0 spiro atoms. The van der Waals surface area contributed by atoms with E-state index in [0.717, 1.165) is 0 Å². The number of hydrogen-bond acceptors (Lipinski definition) is 9. The minimum atomic E-state index is -2.89. The van der Waals surface area contributed by atoms with Crippen LogP contribution in [0.4, 0.5) is 4.39 Å². The third-order valence-corrected chi connectivity index (χ3v) is 9.27. The van der Waals surface area contributed by atoms with Crippen molar-refractivity contribution in [1.29, 1.82) is 0 Å². The molecule has 2 saturated carbocycles. The van der Waals surface area contributed by atoms with Crippen molar-refractivity contribution >= 4 is 35.1 Å². The predicted molar refractivity (Wildman–Crippen MR) is 141 cm³/mol. The normalized spacial score (nSPS) is 32.8. The summed E-state index contributed by atoms with van der Waals surface area (Å²) in [6.45, 7) is 3.06. The second-order valence-electron chi connectivity index (χ2n) is 12.1. The number of amides is 1. The summed E-state index contributed by atoms with van der Waals surface area (Å²) in [5.74, 6) is -9.61. The fourth-order valence-electron chi connectivity index (χ4n) is 7.80. The molecule has 11 heteroatoms. The molecule has 0 bridgehead atoms. The number of primary amides is 1. The highest BCUT2D eigenvalue weighted by molar-refractivity contribution is 6.33. The zero-order valence-electron chi connectivity index (χ0n) is 22.9. The lowest BCUT2D eigenvalue weighted by atomic mass is 9.42. The van der Waals surface area contributed by atoms with E-state index < -0.39 is 75.1 Å². The molecule has 0 aromatic heterocycles. The third-order valence-electron chi connectivity index (χ3n) is 9.27. The number of phenolic OH excluding ortho intramolecular Hbond substituents is 1. The highest BCUT2D eigenvalue weighted by atomic mass is 19.1. The standard InChI is InChI=1S/C30H29FN2O8/c1-28-11-16-15(13-6-5-7-14(10-13)26(31)39)8-9-17(34)18(16)21(35)20(28)25(38)30(41)24(37)19(27(32)40)22(36)23(33(3)4)29(30,2)12-28/h5-10,19-20,23,34,41H,11-12H2,1-4H3,(H2,32,40)/t19?,20?,23-,28+,29+,30-/m1/s1. The quantitative estimate of drug-likeness (QED) is 0.367. The van der Waals surface area contributed by atoms with Crippen molar-refractivity contribution in [3.8, 4) is 16.9 Å². The second kappa shape index (κ2) is 8.95. The minimum Gasteiger partial charge on any atom is -0.507 e. The van der Waals surface area contributed by atoms with E-state index >= 15 is 0 Å². The Bertz CT molecular complexity index is 1600. The van der Waals surface area contributed by atoms with Gasteiger partial charge in [-0.1, -0.05) is 32.0 Å². The molecular formula is C30H29FN2O8. The number of phenols is 1. The molecule has 4 N–H and O–H groups in total. The summed E-state index contributed by atoms with van der Waals surface area (Å²) in [6.07, 6.45) is -0.169. The number of rotatable bonds is 4. The molecule has 0 radical (unpaired) electrons. The van der Waals surface area contributed by atoms with E-state index in [4.69, 9.17) is 5.73 Å². The Hall–Kier alpha value is -4.09. The van der Waals surface area contributed by atoms with Crippen molar-refractivity contribution in [2.24, 2.45) is 28.4 Å². The van der Waals surface area contributed by atoms with Crippen molar-refractivity contribution in [3.05, 3.63) is 53.1 Å². The Morgan fingerprint density at radius 2 is 1.71 bits per heavy atom. The molecule has 3 aliphatic rings. The van der Waals surface area contributed by atoms with Gasteiger partial charge < -0.3 is 15.9 Å². The van der Waals surface area contributed by atoms with E-state index in [1.54, 1.807) is 13.0 Å². The van der Waals surface area contributed by atoms with Gasteiger partial charge in [0.05, 0.1) is 23.1 Å². The Labute approximate surface area is 234 Å². The number of hydrogen-bond donors (Lipinski definition) is 3. The van der Waals surface area contributed by atoms with Crippen LogP contribution in [-0.4, -0.2) is 75.9 Å². The summed E-state index contributed by atoms with van der Waals surface area (Å²) < 4.78 is 13.5. The highest BCUT2D eigenvalue weighted by Crippen LogP contribution is 2.62. The molecule has 0 heterocycles. The lowest BCUT2D eigenvalue weighted by Gasteiger charge is -2.61. The Balaban J connectivity index is 1.74. The Kier molecular flexibility index (Phi) is 6.21. The molecule has 2 unspecified atom stereocenters. The van der Waals surface area contributed by atoms with E-state index in [-0.39, 0.29) is 24.0 Å². The van der Waals surface area contributed by atoms with Gasteiger partial charge in [0.25, 0.3) is 0 Å². The first-order valence-corrected chi connectivity index (χ1v) is 13.0. The maximum atomic E-state index is 14.3. The van der Waals surface area contributed by atoms with Crippen LogP contribution in [-0.2, 0) is 25.6 Å². The summed E-state index contributed by atoms with van der Waals surface area (Å²) in [5, 5.41) is 22.8. The van der Waals surface area contributed by atoms with Crippen molar-refractivity contribution in [3.63, 3.8) is 0 Å². The smallest absolute Gasteiger partial charge is 0.332 e. The number of halogens is 1.